The predicted molar refractivity (Wildman–Crippen MR) is 73.6 cm³/mol. The van der Waals surface area contributed by atoms with E-state index in [1.165, 1.54) is 0 Å². The summed E-state index contributed by atoms with van der Waals surface area (Å²) in [5.74, 6) is 0.429. The van der Waals surface area contributed by atoms with Crippen LogP contribution in [0.5, 0.6) is 11.5 Å². The van der Waals surface area contributed by atoms with Gasteiger partial charge in [0.05, 0.1) is 30.4 Å². The standard InChI is InChI=1S/C15H17NO4/c1-4-18-14-8-12(9-16)6-7-13(14)20-10-11(3)15(17)19-5-2/h6-8H,3-5,10H2,1-2H3. The summed E-state index contributed by atoms with van der Waals surface area (Å²) < 4.78 is 15.7. The molecule has 0 spiro atoms. The number of nitrogens with zero attached hydrogens (tertiary/aromatic N) is 1. The van der Waals surface area contributed by atoms with Crippen molar-refractivity contribution in [3.05, 3.63) is 35.9 Å². The Hall–Kier alpha value is -2.48. The molecule has 0 amide bonds. The quantitative estimate of drug-likeness (QED) is 0.564. The van der Waals surface area contributed by atoms with E-state index < -0.39 is 5.97 Å². The van der Waals surface area contributed by atoms with Crippen molar-refractivity contribution in [2.75, 3.05) is 19.8 Å². The number of rotatable bonds is 7. The molecule has 0 saturated carbocycles. The monoisotopic (exact) mass is 275 g/mol. The minimum absolute atomic E-state index is 0.00477. The largest absolute Gasteiger partial charge is 0.490 e. The van der Waals surface area contributed by atoms with Crippen LogP contribution in [0.3, 0.4) is 0 Å². The Labute approximate surface area is 118 Å². The van der Waals surface area contributed by atoms with E-state index in [0.717, 1.165) is 0 Å². The lowest BCUT2D eigenvalue weighted by Gasteiger charge is -2.12. The summed E-state index contributed by atoms with van der Waals surface area (Å²) in [7, 11) is 0. The van der Waals surface area contributed by atoms with Gasteiger partial charge in [0.25, 0.3) is 0 Å². The van der Waals surface area contributed by atoms with E-state index >= 15 is 0 Å². The van der Waals surface area contributed by atoms with E-state index in [4.69, 9.17) is 19.5 Å². The third kappa shape index (κ3) is 4.32. The molecule has 1 aromatic rings. The minimum atomic E-state index is -0.487. The van der Waals surface area contributed by atoms with Crippen molar-refractivity contribution in [1.29, 1.82) is 5.26 Å². The summed E-state index contributed by atoms with van der Waals surface area (Å²) in [6.45, 7) is 7.90. The Balaban J connectivity index is 2.74. The van der Waals surface area contributed by atoms with Crippen molar-refractivity contribution in [3.63, 3.8) is 0 Å². The van der Waals surface area contributed by atoms with E-state index in [1.54, 1.807) is 25.1 Å². The number of hydrogen-bond acceptors (Lipinski definition) is 5. The maximum absolute atomic E-state index is 11.4. The van der Waals surface area contributed by atoms with Crippen LogP contribution in [0.25, 0.3) is 0 Å². The number of carbonyl (C=O) groups excluding carboxylic acids is 1. The average Bonchev–Trinajstić information content (AvgIpc) is 2.46. The maximum atomic E-state index is 11.4. The highest BCUT2D eigenvalue weighted by molar-refractivity contribution is 5.88. The number of nitriles is 1. The second kappa shape index (κ2) is 7.85. The van der Waals surface area contributed by atoms with E-state index in [1.807, 2.05) is 13.0 Å². The third-order valence-electron chi connectivity index (χ3n) is 2.34. The second-order valence-electron chi connectivity index (χ2n) is 3.82. The summed E-state index contributed by atoms with van der Waals surface area (Å²) in [6, 6.07) is 6.86. The first-order chi connectivity index (χ1) is 9.62. The van der Waals surface area contributed by atoms with Gasteiger partial charge in [-0.25, -0.2) is 4.79 Å². The van der Waals surface area contributed by atoms with Crippen LogP contribution < -0.4 is 9.47 Å². The van der Waals surface area contributed by atoms with Crippen LogP contribution in [0.1, 0.15) is 19.4 Å². The van der Waals surface area contributed by atoms with Crippen LogP contribution in [0.2, 0.25) is 0 Å². The Bertz CT molecular complexity index is 531. The van der Waals surface area contributed by atoms with Gasteiger partial charge in [-0.05, 0) is 26.0 Å². The summed E-state index contributed by atoms with van der Waals surface area (Å²) >= 11 is 0. The fourth-order valence-electron chi connectivity index (χ4n) is 1.42. The summed E-state index contributed by atoms with van der Waals surface area (Å²) in [4.78, 5) is 11.4. The van der Waals surface area contributed by atoms with Gasteiger partial charge in [0.2, 0.25) is 0 Å². The Kier molecular flexibility index (Phi) is 6.11. The number of esters is 1. The molecular weight excluding hydrogens is 258 g/mol. The van der Waals surface area contributed by atoms with Gasteiger partial charge in [-0.1, -0.05) is 6.58 Å². The summed E-state index contributed by atoms with van der Waals surface area (Å²) in [5, 5.41) is 8.85. The van der Waals surface area contributed by atoms with Gasteiger partial charge in [-0.2, -0.15) is 5.26 Å². The smallest absolute Gasteiger partial charge is 0.336 e. The van der Waals surface area contributed by atoms with Crippen molar-refractivity contribution in [2.24, 2.45) is 0 Å². The van der Waals surface area contributed by atoms with Crippen LogP contribution in [0.4, 0.5) is 0 Å². The molecule has 0 aliphatic carbocycles. The molecule has 0 bridgehead atoms. The first-order valence-corrected chi connectivity index (χ1v) is 6.27. The molecule has 0 heterocycles. The molecule has 5 nitrogen and oxygen atoms in total. The Morgan fingerprint density at radius 2 is 2.00 bits per heavy atom. The Morgan fingerprint density at radius 1 is 1.25 bits per heavy atom. The van der Waals surface area contributed by atoms with Crippen molar-refractivity contribution >= 4 is 5.97 Å². The van der Waals surface area contributed by atoms with E-state index in [2.05, 4.69) is 6.58 Å². The van der Waals surface area contributed by atoms with Crippen molar-refractivity contribution in [2.45, 2.75) is 13.8 Å². The first-order valence-electron chi connectivity index (χ1n) is 6.27. The number of hydrogen-bond donors (Lipinski definition) is 0. The van der Waals surface area contributed by atoms with Crippen LogP contribution >= 0.6 is 0 Å². The Morgan fingerprint density at radius 3 is 2.60 bits per heavy atom. The molecule has 1 rings (SSSR count). The van der Waals surface area contributed by atoms with Crippen molar-refractivity contribution in [3.8, 4) is 17.6 Å². The normalized spacial score (nSPS) is 9.45. The summed E-state index contributed by atoms with van der Waals surface area (Å²) in [5.41, 5.74) is 0.698. The highest BCUT2D eigenvalue weighted by atomic mass is 16.5. The van der Waals surface area contributed by atoms with E-state index in [9.17, 15) is 4.79 Å². The van der Waals surface area contributed by atoms with Crippen LogP contribution in [-0.4, -0.2) is 25.8 Å². The second-order valence-corrected chi connectivity index (χ2v) is 3.82. The minimum Gasteiger partial charge on any atom is -0.490 e. The highest BCUT2D eigenvalue weighted by Gasteiger charge is 2.11. The van der Waals surface area contributed by atoms with Crippen LogP contribution in [-0.2, 0) is 9.53 Å². The molecule has 20 heavy (non-hydrogen) atoms. The topological polar surface area (TPSA) is 68.5 Å². The molecule has 0 unspecified atom stereocenters. The van der Waals surface area contributed by atoms with Crippen molar-refractivity contribution < 1.29 is 19.0 Å². The average molecular weight is 275 g/mol. The third-order valence-corrected chi connectivity index (χ3v) is 2.34. The number of benzene rings is 1. The molecule has 0 aliphatic rings. The molecule has 0 N–H and O–H groups in total. The molecule has 1 aromatic carbocycles. The fourth-order valence-corrected chi connectivity index (χ4v) is 1.42. The lowest BCUT2D eigenvalue weighted by atomic mass is 10.2. The van der Waals surface area contributed by atoms with Gasteiger partial charge in [-0.3, -0.25) is 0 Å². The van der Waals surface area contributed by atoms with Gasteiger partial charge in [-0.15, -0.1) is 0 Å². The lowest BCUT2D eigenvalue weighted by Crippen LogP contribution is -2.13. The molecule has 0 fully saturated rings. The van der Waals surface area contributed by atoms with Gasteiger partial charge in [0.15, 0.2) is 11.5 Å². The molecule has 0 atom stereocenters. The predicted octanol–water partition coefficient (Wildman–Crippen LogP) is 2.46. The van der Waals surface area contributed by atoms with E-state index in [0.29, 0.717) is 30.3 Å². The molecule has 0 aliphatic heterocycles. The zero-order chi connectivity index (χ0) is 15.0. The van der Waals surface area contributed by atoms with Crippen molar-refractivity contribution in [1.82, 2.24) is 0 Å². The summed E-state index contributed by atoms with van der Waals surface area (Å²) in [6.07, 6.45) is 0. The number of carbonyl (C=O) groups is 1. The zero-order valence-corrected chi connectivity index (χ0v) is 11.6. The van der Waals surface area contributed by atoms with Gasteiger partial charge < -0.3 is 14.2 Å². The lowest BCUT2D eigenvalue weighted by molar-refractivity contribution is -0.138. The fraction of sp³-hybridized carbons (Fsp3) is 0.333. The molecule has 0 saturated heterocycles. The number of ether oxygens (including phenoxy) is 3. The van der Waals surface area contributed by atoms with Gasteiger partial charge >= 0.3 is 5.97 Å². The first kappa shape index (κ1) is 15.6. The molecule has 5 heteroatoms. The molecule has 0 aromatic heterocycles. The van der Waals surface area contributed by atoms with E-state index in [-0.39, 0.29) is 12.2 Å². The molecular formula is C15H17NO4. The molecule has 0 radical (unpaired) electrons. The highest BCUT2D eigenvalue weighted by Crippen LogP contribution is 2.28. The van der Waals surface area contributed by atoms with Crippen LogP contribution in [0.15, 0.2) is 30.4 Å². The zero-order valence-electron chi connectivity index (χ0n) is 11.6. The maximum Gasteiger partial charge on any atom is 0.336 e. The van der Waals surface area contributed by atoms with Gasteiger partial charge in [0.1, 0.15) is 6.61 Å². The van der Waals surface area contributed by atoms with Crippen LogP contribution in [0, 0.1) is 11.3 Å². The molecule has 106 valence electrons. The SMILES string of the molecule is C=C(COc1ccc(C#N)cc1OCC)C(=O)OCC. The van der Waals surface area contributed by atoms with Gasteiger partial charge in [0, 0.05) is 6.07 Å².